The lowest BCUT2D eigenvalue weighted by molar-refractivity contribution is -0.140. The quantitative estimate of drug-likeness (QED) is 0.226. The fraction of sp³-hybridized carbons (Fsp3) is 0.474. The van der Waals surface area contributed by atoms with Crippen LogP contribution >= 0.6 is 0 Å². The van der Waals surface area contributed by atoms with Crippen LogP contribution < -0.4 is 10.6 Å². The van der Waals surface area contributed by atoms with E-state index in [1.165, 1.54) is 38.5 Å². The van der Waals surface area contributed by atoms with Gasteiger partial charge < -0.3 is 10.6 Å². The second-order valence-corrected chi connectivity index (χ2v) is 16.8. The molecule has 4 saturated carbocycles. The Kier molecular flexibility index (Phi) is 8.68. The van der Waals surface area contributed by atoms with E-state index in [1.54, 1.807) is 48.5 Å². The van der Waals surface area contributed by atoms with Crippen molar-refractivity contribution in [3.05, 3.63) is 95.6 Å². The highest BCUT2D eigenvalue weighted by Gasteiger charge is 2.57. The molecule has 4 aliphatic carbocycles. The van der Waals surface area contributed by atoms with Gasteiger partial charge in [-0.1, -0.05) is 74.0 Å². The molecule has 0 unspecified atom stereocenters. The first kappa shape index (κ1) is 31.5. The van der Waals surface area contributed by atoms with Gasteiger partial charge in [0, 0.05) is 12.1 Å². The van der Waals surface area contributed by atoms with Crippen LogP contribution in [0, 0.1) is 35.5 Å². The molecule has 4 fully saturated rings. The van der Waals surface area contributed by atoms with Crippen molar-refractivity contribution in [1.82, 2.24) is 5.32 Å². The summed E-state index contributed by atoms with van der Waals surface area (Å²) in [6.45, 7) is 6.50. The van der Waals surface area contributed by atoms with Gasteiger partial charge in [-0.05, 0) is 116 Å². The Labute approximate surface area is 268 Å². The molecule has 238 valence electrons. The molecular formula is C38H46N2O4S. The minimum Gasteiger partial charge on any atom is -0.328 e. The predicted molar refractivity (Wildman–Crippen MR) is 179 cm³/mol. The molecule has 2 N–H and O–H groups in total. The number of benzene rings is 3. The third kappa shape index (κ3) is 7.04. The Balaban J connectivity index is 1.12. The maximum Gasteiger partial charge on any atom is 0.319 e. The molecule has 0 aliphatic heterocycles. The molecule has 0 heterocycles. The van der Waals surface area contributed by atoms with Crippen molar-refractivity contribution in [2.24, 2.45) is 28.6 Å². The van der Waals surface area contributed by atoms with Crippen molar-refractivity contribution < 1.29 is 18.0 Å². The zero-order valence-electron chi connectivity index (χ0n) is 26.7. The second-order valence-electron chi connectivity index (χ2n) is 14.8. The number of carbonyl (C=O) groups excluding carboxylic acids is 2. The summed E-state index contributed by atoms with van der Waals surface area (Å²) in [5.41, 5.74) is 3.24. The van der Waals surface area contributed by atoms with Gasteiger partial charge in [0.25, 0.3) is 0 Å². The summed E-state index contributed by atoms with van der Waals surface area (Å²) in [4.78, 5) is 27.6. The summed E-state index contributed by atoms with van der Waals surface area (Å²) >= 11 is 0. The van der Waals surface area contributed by atoms with Gasteiger partial charge in [-0.25, -0.2) is 13.2 Å². The summed E-state index contributed by atoms with van der Waals surface area (Å²) in [5.74, 6) is 2.37. The number of sulfone groups is 1. The van der Waals surface area contributed by atoms with Gasteiger partial charge in [0.15, 0.2) is 15.6 Å². The van der Waals surface area contributed by atoms with Gasteiger partial charge >= 0.3 is 6.03 Å². The predicted octanol–water partition coefficient (Wildman–Crippen LogP) is 7.90. The molecule has 0 saturated heterocycles. The highest BCUT2D eigenvalue weighted by molar-refractivity contribution is 7.90. The number of nitrogens with one attached hydrogen (secondary N) is 2. The topological polar surface area (TPSA) is 92.3 Å². The Morgan fingerprint density at radius 3 is 1.98 bits per heavy atom. The molecule has 4 bridgehead atoms. The SMILES string of the molecule is Cc1ccc(S(=O)(=O)Cc2ccc(NC(=O)N[C@H](Cc3ccccc3)C(=O)CC(C)(C)C34CC5CC(CC(C5)C3)C4)cc2)cc1. The summed E-state index contributed by atoms with van der Waals surface area (Å²) in [6.07, 6.45) is 8.68. The minimum atomic E-state index is -3.49. The number of anilines is 1. The van der Waals surface area contributed by atoms with Crippen LogP contribution in [0.4, 0.5) is 10.5 Å². The van der Waals surface area contributed by atoms with Crippen LogP contribution in [0.2, 0.25) is 0 Å². The lowest BCUT2D eigenvalue weighted by Gasteiger charge is -2.62. The summed E-state index contributed by atoms with van der Waals surface area (Å²) in [5, 5.41) is 5.85. The average molecular weight is 627 g/mol. The molecule has 3 aromatic carbocycles. The van der Waals surface area contributed by atoms with Crippen LogP contribution in [0.5, 0.6) is 0 Å². The van der Waals surface area contributed by atoms with Crippen LogP contribution in [0.1, 0.15) is 75.5 Å². The number of Topliss-reactive ketones (excluding diaryl/α,β-unsaturated/α-hetero) is 1. The van der Waals surface area contributed by atoms with E-state index < -0.39 is 21.9 Å². The largest absolute Gasteiger partial charge is 0.328 e. The van der Waals surface area contributed by atoms with Crippen molar-refractivity contribution in [3.63, 3.8) is 0 Å². The van der Waals surface area contributed by atoms with Crippen molar-refractivity contribution in [3.8, 4) is 0 Å². The van der Waals surface area contributed by atoms with Gasteiger partial charge in [0.2, 0.25) is 0 Å². The lowest BCUT2D eigenvalue weighted by atomic mass is 9.42. The Morgan fingerprint density at radius 1 is 0.822 bits per heavy atom. The highest BCUT2D eigenvalue weighted by atomic mass is 32.2. The maximum atomic E-state index is 14.1. The normalized spacial score (nSPS) is 24.6. The molecular weight excluding hydrogens is 580 g/mol. The molecule has 2 amide bonds. The molecule has 3 aromatic rings. The van der Waals surface area contributed by atoms with E-state index in [2.05, 4.69) is 24.5 Å². The fourth-order valence-electron chi connectivity index (χ4n) is 8.84. The zero-order valence-corrected chi connectivity index (χ0v) is 27.5. The smallest absolute Gasteiger partial charge is 0.319 e. The molecule has 0 aromatic heterocycles. The lowest BCUT2D eigenvalue weighted by Crippen LogP contribution is -2.54. The molecule has 7 rings (SSSR count). The molecule has 6 nitrogen and oxygen atoms in total. The number of hydrogen-bond acceptors (Lipinski definition) is 4. The number of aryl methyl sites for hydroxylation is 1. The number of ketones is 1. The summed E-state index contributed by atoms with van der Waals surface area (Å²) in [6, 6.07) is 22.4. The van der Waals surface area contributed by atoms with E-state index >= 15 is 0 Å². The Hall–Kier alpha value is -3.45. The van der Waals surface area contributed by atoms with Crippen molar-refractivity contribution >= 4 is 27.3 Å². The molecule has 0 radical (unpaired) electrons. The number of amides is 2. The molecule has 1 atom stereocenters. The standard InChI is InChI=1S/C38H46N2O4S/c1-26-9-15-33(16-10-26)45(43,44)25-28-11-13-32(14-12-28)39-36(42)40-34(20-27-7-5-4-6-8-27)35(41)24-37(2,3)38-21-29-17-30(22-38)19-31(18-29)23-38/h4-16,29-31,34H,17-25H2,1-3H3,(H2,39,40,42)/t29?,30?,31?,34-,38?/m1/s1. The van der Waals surface area contributed by atoms with Crippen molar-refractivity contribution in [1.29, 1.82) is 0 Å². The number of urea groups is 1. The molecule has 0 spiro atoms. The van der Waals surface area contributed by atoms with Gasteiger partial charge in [0.1, 0.15) is 0 Å². The fourth-order valence-corrected chi connectivity index (χ4v) is 10.2. The third-order valence-electron chi connectivity index (χ3n) is 11.0. The zero-order chi connectivity index (χ0) is 31.8. The third-order valence-corrected chi connectivity index (χ3v) is 12.7. The highest BCUT2D eigenvalue weighted by Crippen LogP contribution is 2.66. The number of carbonyl (C=O) groups is 2. The van der Waals surface area contributed by atoms with Crippen LogP contribution in [0.15, 0.2) is 83.8 Å². The van der Waals surface area contributed by atoms with Gasteiger partial charge in [-0.3, -0.25) is 4.79 Å². The first-order valence-corrected chi connectivity index (χ1v) is 18.1. The minimum absolute atomic E-state index is 0.0754. The van der Waals surface area contributed by atoms with E-state index in [4.69, 9.17) is 0 Å². The molecule has 4 aliphatic rings. The van der Waals surface area contributed by atoms with Gasteiger partial charge in [-0.15, -0.1) is 0 Å². The first-order valence-electron chi connectivity index (χ1n) is 16.4. The van der Waals surface area contributed by atoms with E-state index in [0.717, 1.165) is 28.9 Å². The number of hydrogen-bond donors (Lipinski definition) is 2. The monoisotopic (exact) mass is 626 g/mol. The summed E-state index contributed by atoms with van der Waals surface area (Å²) < 4.78 is 25.8. The van der Waals surface area contributed by atoms with E-state index in [-0.39, 0.29) is 27.3 Å². The molecule has 7 heteroatoms. The second kappa shape index (κ2) is 12.4. The van der Waals surface area contributed by atoms with E-state index in [0.29, 0.717) is 24.1 Å². The summed E-state index contributed by atoms with van der Waals surface area (Å²) in [7, 11) is -3.49. The number of rotatable bonds is 11. The Bertz CT molecular complexity index is 1590. The average Bonchev–Trinajstić information content (AvgIpc) is 2.97. The Morgan fingerprint density at radius 2 is 1.40 bits per heavy atom. The first-order chi connectivity index (χ1) is 21.4. The van der Waals surface area contributed by atoms with Crippen molar-refractivity contribution in [2.45, 2.75) is 88.8 Å². The van der Waals surface area contributed by atoms with E-state index in [9.17, 15) is 18.0 Å². The van der Waals surface area contributed by atoms with Gasteiger partial charge in [0.05, 0.1) is 16.7 Å². The molecule has 45 heavy (non-hydrogen) atoms. The van der Waals surface area contributed by atoms with Crippen LogP contribution in [0.3, 0.4) is 0 Å². The van der Waals surface area contributed by atoms with Gasteiger partial charge in [-0.2, -0.15) is 0 Å². The van der Waals surface area contributed by atoms with Crippen molar-refractivity contribution in [2.75, 3.05) is 5.32 Å². The maximum absolute atomic E-state index is 14.1. The van der Waals surface area contributed by atoms with Crippen LogP contribution in [0.25, 0.3) is 0 Å². The van der Waals surface area contributed by atoms with Crippen LogP contribution in [-0.4, -0.2) is 26.3 Å². The van der Waals surface area contributed by atoms with E-state index in [1.807, 2.05) is 37.3 Å². The van der Waals surface area contributed by atoms with Crippen LogP contribution in [-0.2, 0) is 26.8 Å².